The van der Waals surface area contributed by atoms with Gasteiger partial charge in [0.15, 0.2) is 0 Å². The number of rotatable bonds is 5. The van der Waals surface area contributed by atoms with E-state index in [0.717, 1.165) is 11.1 Å². The molecule has 0 N–H and O–H groups in total. The van der Waals surface area contributed by atoms with E-state index in [1.54, 1.807) is 17.2 Å². The lowest BCUT2D eigenvalue weighted by atomic mass is 10.1. The van der Waals surface area contributed by atoms with Crippen LogP contribution in [0.2, 0.25) is 0 Å². The molecular weight excluding hydrogens is 308 g/mol. The summed E-state index contributed by atoms with van der Waals surface area (Å²) in [6.45, 7) is 2.52. The number of benzene rings is 2. The molecule has 0 aliphatic heterocycles. The number of hydrogen-bond donors (Lipinski definition) is 0. The number of nitrogens with zero attached hydrogens (tertiary/aromatic N) is 2. The van der Waals surface area contributed by atoms with Gasteiger partial charge in [0.05, 0.1) is 6.54 Å². The number of aromatic nitrogens is 1. The fourth-order valence-corrected chi connectivity index (χ4v) is 2.49. The molecule has 3 nitrogen and oxygen atoms in total. The molecule has 3 heteroatoms. The van der Waals surface area contributed by atoms with E-state index in [9.17, 15) is 4.79 Å². The number of carbonyl (C=O) groups excluding carboxylic acids is 1. The van der Waals surface area contributed by atoms with Gasteiger partial charge in [-0.05, 0) is 36.3 Å². The number of hydrogen-bond acceptors (Lipinski definition) is 2. The maximum absolute atomic E-state index is 12.8. The zero-order chi connectivity index (χ0) is 17.5. The van der Waals surface area contributed by atoms with Crippen molar-refractivity contribution in [3.63, 3.8) is 0 Å². The van der Waals surface area contributed by atoms with Crippen LogP contribution in [-0.2, 0) is 11.3 Å². The second-order valence-corrected chi connectivity index (χ2v) is 5.84. The fourth-order valence-electron chi connectivity index (χ4n) is 2.49. The van der Waals surface area contributed by atoms with Gasteiger partial charge in [0, 0.05) is 12.3 Å². The minimum atomic E-state index is -0.0943. The van der Waals surface area contributed by atoms with E-state index in [-0.39, 0.29) is 5.91 Å². The molecule has 124 valence electrons. The Morgan fingerprint density at radius 1 is 0.960 bits per heavy atom. The van der Waals surface area contributed by atoms with Gasteiger partial charge in [-0.2, -0.15) is 0 Å². The Kier molecular flexibility index (Phi) is 5.37. The van der Waals surface area contributed by atoms with Gasteiger partial charge in [0.25, 0.3) is 5.91 Å². The van der Waals surface area contributed by atoms with E-state index in [4.69, 9.17) is 0 Å². The minimum Gasteiger partial charge on any atom is -0.289 e. The highest BCUT2D eigenvalue weighted by molar-refractivity contribution is 6.03. The SMILES string of the molecule is Cc1ccc(/C=C/C(=O)N(Cc2ccccc2)c2ccccn2)cc1. The third kappa shape index (κ3) is 4.64. The highest BCUT2D eigenvalue weighted by Crippen LogP contribution is 2.15. The van der Waals surface area contributed by atoms with Crippen molar-refractivity contribution in [1.29, 1.82) is 0 Å². The molecule has 1 amide bonds. The summed E-state index contributed by atoms with van der Waals surface area (Å²) in [5, 5.41) is 0. The first-order chi connectivity index (χ1) is 12.2. The number of pyridine rings is 1. The first-order valence-electron chi connectivity index (χ1n) is 8.23. The molecule has 0 unspecified atom stereocenters. The molecule has 0 aliphatic rings. The van der Waals surface area contributed by atoms with Crippen LogP contribution < -0.4 is 4.90 Å². The van der Waals surface area contributed by atoms with E-state index in [1.165, 1.54) is 5.56 Å². The highest BCUT2D eigenvalue weighted by atomic mass is 16.2. The number of carbonyl (C=O) groups is 1. The average Bonchev–Trinajstić information content (AvgIpc) is 2.67. The second-order valence-electron chi connectivity index (χ2n) is 5.84. The normalized spacial score (nSPS) is 10.8. The third-order valence-electron chi connectivity index (χ3n) is 3.87. The molecule has 0 aliphatic carbocycles. The van der Waals surface area contributed by atoms with E-state index < -0.39 is 0 Å². The number of aryl methyl sites for hydroxylation is 1. The van der Waals surface area contributed by atoms with Gasteiger partial charge in [-0.1, -0.05) is 66.2 Å². The standard InChI is InChI=1S/C22H20N2O/c1-18-10-12-19(13-11-18)14-15-22(25)24(21-9-5-6-16-23-21)17-20-7-3-2-4-8-20/h2-16H,17H2,1H3/b15-14+. The predicted molar refractivity (Wildman–Crippen MR) is 102 cm³/mol. The summed E-state index contributed by atoms with van der Waals surface area (Å²) in [4.78, 5) is 18.8. The Hall–Kier alpha value is -3.20. The van der Waals surface area contributed by atoms with Crippen LogP contribution in [0.1, 0.15) is 16.7 Å². The summed E-state index contributed by atoms with van der Waals surface area (Å²) in [6, 6.07) is 23.6. The lowest BCUT2D eigenvalue weighted by Gasteiger charge is -2.20. The predicted octanol–water partition coefficient (Wildman–Crippen LogP) is 4.64. The van der Waals surface area contributed by atoms with Gasteiger partial charge in [-0.25, -0.2) is 4.98 Å². The van der Waals surface area contributed by atoms with Crippen LogP contribution in [0.15, 0.2) is 85.1 Å². The zero-order valence-corrected chi connectivity index (χ0v) is 14.2. The van der Waals surface area contributed by atoms with E-state index in [1.807, 2.05) is 85.8 Å². The zero-order valence-electron chi connectivity index (χ0n) is 14.2. The van der Waals surface area contributed by atoms with Crippen LogP contribution in [0.3, 0.4) is 0 Å². The van der Waals surface area contributed by atoms with E-state index >= 15 is 0 Å². The summed E-state index contributed by atoms with van der Waals surface area (Å²) in [5.41, 5.74) is 3.26. The molecule has 0 spiro atoms. The summed E-state index contributed by atoms with van der Waals surface area (Å²) >= 11 is 0. The summed E-state index contributed by atoms with van der Waals surface area (Å²) in [6.07, 6.45) is 5.13. The van der Waals surface area contributed by atoms with Crippen molar-refractivity contribution in [2.24, 2.45) is 0 Å². The van der Waals surface area contributed by atoms with Crippen molar-refractivity contribution in [3.8, 4) is 0 Å². The van der Waals surface area contributed by atoms with Crippen molar-refractivity contribution in [2.45, 2.75) is 13.5 Å². The van der Waals surface area contributed by atoms with Crippen molar-refractivity contribution < 1.29 is 4.79 Å². The minimum absolute atomic E-state index is 0.0943. The molecule has 0 fully saturated rings. The second kappa shape index (κ2) is 8.06. The molecule has 25 heavy (non-hydrogen) atoms. The molecule has 0 saturated carbocycles. The molecule has 0 saturated heterocycles. The number of amides is 1. The highest BCUT2D eigenvalue weighted by Gasteiger charge is 2.14. The molecule has 0 radical (unpaired) electrons. The maximum atomic E-state index is 12.8. The third-order valence-corrected chi connectivity index (χ3v) is 3.87. The van der Waals surface area contributed by atoms with E-state index in [2.05, 4.69) is 4.98 Å². The van der Waals surface area contributed by atoms with Crippen LogP contribution >= 0.6 is 0 Å². The number of anilines is 1. The topological polar surface area (TPSA) is 33.2 Å². The molecule has 3 rings (SSSR count). The van der Waals surface area contributed by atoms with Crippen molar-refractivity contribution in [2.75, 3.05) is 4.90 Å². The molecular formula is C22H20N2O. The lowest BCUT2D eigenvalue weighted by molar-refractivity contribution is -0.114. The first kappa shape index (κ1) is 16.7. The Labute approximate surface area is 148 Å². The molecule has 0 atom stereocenters. The van der Waals surface area contributed by atoms with Crippen LogP contribution in [0.25, 0.3) is 6.08 Å². The summed E-state index contributed by atoms with van der Waals surface area (Å²) < 4.78 is 0. The first-order valence-corrected chi connectivity index (χ1v) is 8.23. The Bertz CT molecular complexity index is 840. The van der Waals surface area contributed by atoms with Crippen LogP contribution in [-0.4, -0.2) is 10.9 Å². The maximum Gasteiger partial charge on any atom is 0.252 e. The van der Waals surface area contributed by atoms with Gasteiger partial charge in [-0.3, -0.25) is 9.69 Å². The fraction of sp³-hybridized carbons (Fsp3) is 0.0909. The smallest absolute Gasteiger partial charge is 0.252 e. The molecule has 0 bridgehead atoms. The average molecular weight is 328 g/mol. The quantitative estimate of drug-likeness (QED) is 0.639. The van der Waals surface area contributed by atoms with Crippen molar-refractivity contribution in [1.82, 2.24) is 4.98 Å². The molecule has 3 aromatic rings. The van der Waals surface area contributed by atoms with Gasteiger partial charge in [0.1, 0.15) is 5.82 Å². The largest absolute Gasteiger partial charge is 0.289 e. The van der Waals surface area contributed by atoms with Gasteiger partial charge < -0.3 is 0 Å². The molecule has 1 aromatic heterocycles. The van der Waals surface area contributed by atoms with Gasteiger partial charge in [0.2, 0.25) is 0 Å². The van der Waals surface area contributed by atoms with Crippen LogP contribution in [0.5, 0.6) is 0 Å². The lowest BCUT2D eigenvalue weighted by Crippen LogP contribution is -2.29. The molecule has 2 aromatic carbocycles. The van der Waals surface area contributed by atoms with Crippen molar-refractivity contribution in [3.05, 3.63) is 102 Å². The Balaban J connectivity index is 1.83. The van der Waals surface area contributed by atoms with Crippen LogP contribution in [0.4, 0.5) is 5.82 Å². The van der Waals surface area contributed by atoms with Crippen molar-refractivity contribution >= 4 is 17.8 Å². The summed E-state index contributed by atoms with van der Waals surface area (Å²) in [5.74, 6) is 0.549. The monoisotopic (exact) mass is 328 g/mol. The van der Waals surface area contributed by atoms with Crippen LogP contribution in [0, 0.1) is 6.92 Å². The van der Waals surface area contributed by atoms with Gasteiger partial charge in [-0.15, -0.1) is 0 Å². The Morgan fingerprint density at radius 3 is 2.36 bits per heavy atom. The summed E-state index contributed by atoms with van der Waals surface area (Å²) in [7, 11) is 0. The van der Waals surface area contributed by atoms with E-state index in [0.29, 0.717) is 12.4 Å². The van der Waals surface area contributed by atoms with Gasteiger partial charge >= 0.3 is 0 Å². The molecule has 1 heterocycles. The Morgan fingerprint density at radius 2 is 1.68 bits per heavy atom.